The van der Waals surface area contributed by atoms with E-state index in [9.17, 15) is 29.8 Å². The van der Waals surface area contributed by atoms with Gasteiger partial charge in [0, 0.05) is 58.6 Å². The van der Waals surface area contributed by atoms with E-state index < -0.39 is 21.7 Å². The van der Waals surface area contributed by atoms with E-state index in [1.54, 1.807) is 12.1 Å². The molecule has 0 fully saturated rings. The zero-order valence-corrected chi connectivity index (χ0v) is 22.9. The molecule has 5 aromatic carbocycles. The average Bonchev–Trinajstić information content (AvgIpc) is 3.05. The summed E-state index contributed by atoms with van der Waals surface area (Å²) in [5.41, 5.74) is 7.56. The summed E-state index contributed by atoms with van der Waals surface area (Å²) in [5.74, 6) is -1.31. The Bertz CT molecular complexity index is 1830. The van der Waals surface area contributed by atoms with Crippen molar-refractivity contribution in [3.63, 3.8) is 0 Å². The summed E-state index contributed by atoms with van der Waals surface area (Å²) in [4.78, 5) is 48.0. The molecule has 8 rings (SSSR count). The highest BCUT2D eigenvalue weighted by molar-refractivity contribution is 6.07. The normalized spacial score (nSPS) is 15.4. The van der Waals surface area contributed by atoms with Crippen LogP contribution in [0, 0.1) is 20.2 Å². The minimum absolute atomic E-state index is 0.113. The van der Waals surface area contributed by atoms with Gasteiger partial charge in [-0.3, -0.25) is 29.8 Å². The number of nitro groups is 2. The lowest BCUT2D eigenvalue weighted by Crippen LogP contribution is -2.30. The van der Waals surface area contributed by atoms with Crippen LogP contribution >= 0.6 is 0 Å². The summed E-state index contributed by atoms with van der Waals surface area (Å²) in [6, 6.07) is 30.5. The van der Waals surface area contributed by atoms with E-state index in [0.717, 1.165) is 33.4 Å². The number of anilines is 2. The molecule has 10 heteroatoms. The van der Waals surface area contributed by atoms with Gasteiger partial charge in [-0.2, -0.15) is 0 Å². The van der Waals surface area contributed by atoms with Crippen LogP contribution in [0.15, 0.2) is 109 Å². The van der Waals surface area contributed by atoms with Gasteiger partial charge in [0.2, 0.25) is 0 Å². The van der Waals surface area contributed by atoms with Crippen molar-refractivity contribution in [3.05, 3.63) is 174 Å². The van der Waals surface area contributed by atoms with Crippen LogP contribution in [-0.4, -0.2) is 21.7 Å². The van der Waals surface area contributed by atoms with Crippen LogP contribution in [-0.2, 0) is 0 Å². The van der Waals surface area contributed by atoms with Crippen molar-refractivity contribution in [1.82, 2.24) is 0 Å². The molecule has 44 heavy (non-hydrogen) atoms. The highest BCUT2D eigenvalue weighted by Gasteiger charge is 2.44. The maximum Gasteiger partial charge on any atom is 0.269 e. The van der Waals surface area contributed by atoms with Gasteiger partial charge in [-0.25, -0.2) is 0 Å². The van der Waals surface area contributed by atoms with Crippen molar-refractivity contribution >= 4 is 34.6 Å². The van der Waals surface area contributed by atoms with Gasteiger partial charge in [-0.1, -0.05) is 48.5 Å². The Hall–Kier alpha value is -6.16. The number of carbonyl (C=O) groups excluding carboxylic acids is 2. The largest absolute Gasteiger partial charge is 0.322 e. The predicted molar refractivity (Wildman–Crippen MR) is 163 cm³/mol. The first-order chi connectivity index (χ1) is 21.3. The minimum Gasteiger partial charge on any atom is -0.322 e. The van der Waals surface area contributed by atoms with E-state index >= 15 is 0 Å². The Morgan fingerprint density at radius 1 is 0.500 bits per heavy atom. The van der Waals surface area contributed by atoms with E-state index in [1.807, 2.05) is 24.3 Å². The van der Waals surface area contributed by atoms with E-state index in [1.165, 1.54) is 48.5 Å². The molecule has 3 aliphatic rings. The van der Waals surface area contributed by atoms with Gasteiger partial charge in [0.25, 0.3) is 23.2 Å². The maximum atomic E-state index is 13.4. The summed E-state index contributed by atoms with van der Waals surface area (Å²) in [7, 11) is 0. The highest BCUT2D eigenvalue weighted by Crippen LogP contribution is 2.59. The number of amides is 2. The molecule has 5 aromatic rings. The molecule has 2 amide bonds. The second-order valence-electron chi connectivity index (χ2n) is 10.6. The molecule has 0 unspecified atom stereocenters. The Labute approximate surface area is 250 Å². The number of hydrogen-bond donors (Lipinski definition) is 2. The van der Waals surface area contributed by atoms with Crippen LogP contribution in [0.4, 0.5) is 22.7 Å². The van der Waals surface area contributed by atoms with Crippen molar-refractivity contribution in [2.75, 3.05) is 10.6 Å². The molecule has 10 nitrogen and oxygen atoms in total. The van der Waals surface area contributed by atoms with Crippen LogP contribution in [0.2, 0.25) is 0 Å². The molecule has 0 atom stereocenters. The Balaban J connectivity index is 1.34. The van der Waals surface area contributed by atoms with Gasteiger partial charge < -0.3 is 10.6 Å². The van der Waals surface area contributed by atoms with Crippen LogP contribution in [0.5, 0.6) is 0 Å². The number of hydrogen-bond acceptors (Lipinski definition) is 6. The Morgan fingerprint density at radius 2 is 0.818 bits per heavy atom. The van der Waals surface area contributed by atoms with Crippen molar-refractivity contribution in [2.24, 2.45) is 0 Å². The Kier molecular flexibility index (Phi) is 6.24. The van der Waals surface area contributed by atoms with Crippen LogP contribution in [0.25, 0.3) is 0 Å². The zero-order chi connectivity index (χ0) is 30.5. The molecular formula is C34H22N4O6. The minimum atomic E-state index is -0.520. The van der Waals surface area contributed by atoms with Gasteiger partial charge in [-0.05, 0) is 69.8 Å². The maximum absolute atomic E-state index is 13.4. The van der Waals surface area contributed by atoms with E-state index in [0.29, 0.717) is 11.4 Å². The summed E-state index contributed by atoms with van der Waals surface area (Å²) in [5, 5.41) is 28.2. The second kappa shape index (κ2) is 10.3. The van der Waals surface area contributed by atoms with Crippen LogP contribution < -0.4 is 10.6 Å². The lowest BCUT2D eigenvalue weighted by Gasteiger charge is -2.44. The monoisotopic (exact) mass is 582 g/mol. The number of non-ortho nitro benzene ring substituents is 2. The van der Waals surface area contributed by atoms with Gasteiger partial charge >= 0.3 is 0 Å². The van der Waals surface area contributed by atoms with Crippen LogP contribution in [0.3, 0.4) is 0 Å². The smallest absolute Gasteiger partial charge is 0.269 e. The van der Waals surface area contributed by atoms with Gasteiger partial charge in [0.1, 0.15) is 0 Å². The molecular weight excluding hydrogens is 560 g/mol. The number of nitrogens with one attached hydrogen (secondary N) is 2. The average molecular weight is 583 g/mol. The molecule has 0 saturated carbocycles. The van der Waals surface area contributed by atoms with E-state index in [4.69, 9.17) is 0 Å². The molecule has 0 aromatic heterocycles. The van der Waals surface area contributed by atoms with Crippen molar-refractivity contribution in [2.45, 2.75) is 11.8 Å². The second-order valence-corrected chi connectivity index (χ2v) is 10.6. The predicted octanol–water partition coefficient (Wildman–Crippen LogP) is 6.99. The van der Waals surface area contributed by atoms with Gasteiger partial charge in [0.15, 0.2) is 0 Å². The SMILES string of the molecule is O=C(Nc1ccc(NC(=O)c2ccc([N+](=O)[O-])cc2)c2c1C1c3ccccc3C2c2ccccc21)c1ccc([N+](=O)[O-])cc1. The molecule has 0 heterocycles. The van der Waals surface area contributed by atoms with Crippen molar-refractivity contribution in [1.29, 1.82) is 0 Å². The topological polar surface area (TPSA) is 144 Å². The first kappa shape index (κ1) is 26.7. The first-order valence-electron chi connectivity index (χ1n) is 13.8. The molecule has 2 bridgehead atoms. The Morgan fingerprint density at radius 3 is 1.11 bits per heavy atom. The third kappa shape index (κ3) is 4.28. The summed E-state index contributed by atoms with van der Waals surface area (Å²) in [6.07, 6.45) is 0. The fourth-order valence-electron chi connectivity index (χ4n) is 6.36. The van der Waals surface area contributed by atoms with Crippen molar-refractivity contribution in [3.8, 4) is 0 Å². The molecule has 2 N–H and O–H groups in total. The summed E-state index contributed by atoms with van der Waals surface area (Å²) >= 11 is 0. The fraction of sp³-hybridized carbons (Fsp3) is 0.0588. The third-order valence-electron chi connectivity index (χ3n) is 8.28. The quantitative estimate of drug-likeness (QED) is 0.160. The van der Waals surface area contributed by atoms with Crippen molar-refractivity contribution < 1.29 is 19.4 Å². The number of carbonyl (C=O) groups is 2. The van der Waals surface area contributed by atoms with Crippen LogP contribution in [0.1, 0.15) is 65.9 Å². The zero-order valence-electron chi connectivity index (χ0n) is 22.9. The highest BCUT2D eigenvalue weighted by atomic mass is 16.6. The molecule has 0 radical (unpaired) electrons. The lowest BCUT2D eigenvalue weighted by atomic mass is 9.60. The standard InChI is InChI=1S/C34H22N4O6/c39-33(19-9-13-21(14-10-19)37(41)42)35-27-17-18-28(36-34(40)20-11-15-22(16-12-20)38(43)44)32-30-24-6-2-1-5-23(24)29(31(27)32)25-7-3-4-8-26(25)30/h1-18,29-30H,(H,35,39)(H,36,40). The molecule has 0 aliphatic heterocycles. The summed E-state index contributed by atoms with van der Waals surface area (Å²) < 4.78 is 0. The molecule has 0 saturated heterocycles. The number of rotatable bonds is 6. The number of nitrogens with zero attached hydrogens (tertiary/aromatic N) is 2. The molecule has 0 spiro atoms. The number of nitro benzene ring substituents is 2. The fourth-order valence-corrected chi connectivity index (χ4v) is 6.36. The van der Waals surface area contributed by atoms with E-state index in [2.05, 4.69) is 34.9 Å². The van der Waals surface area contributed by atoms with Gasteiger partial charge in [0.05, 0.1) is 9.85 Å². The molecule has 3 aliphatic carbocycles. The lowest BCUT2D eigenvalue weighted by molar-refractivity contribution is -0.385. The van der Waals surface area contributed by atoms with E-state index in [-0.39, 0.29) is 34.3 Å². The number of benzene rings is 5. The third-order valence-corrected chi connectivity index (χ3v) is 8.28. The van der Waals surface area contributed by atoms with Gasteiger partial charge in [-0.15, -0.1) is 0 Å². The summed E-state index contributed by atoms with van der Waals surface area (Å²) in [6.45, 7) is 0. The molecule has 214 valence electrons. The first-order valence-corrected chi connectivity index (χ1v) is 13.8.